The van der Waals surface area contributed by atoms with Gasteiger partial charge in [0.15, 0.2) is 0 Å². The fourth-order valence-electron chi connectivity index (χ4n) is 3.44. The van der Waals surface area contributed by atoms with Crippen LogP contribution in [0, 0.1) is 0 Å². The zero-order chi connectivity index (χ0) is 19.7. The summed E-state index contributed by atoms with van der Waals surface area (Å²) in [6.45, 7) is 0.884. The van der Waals surface area contributed by atoms with Crippen molar-refractivity contribution in [3.8, 4) is 0 Å². The van der Waals surface area contributed by atoms with Crippen molar-refractivity contribution in [2.24, 2.45) is 0 Å². The maximum absolute atomic E-state index is 12.8. The molecule has 2 amide bonds. The van der Waals surface area contributed by atoms with E-state index in [1.54, 1.807) is 29.3 Å². The smallest absolute Gasteiger partial charge is 0.254 e. The van der Waals surface area contributed by atoms with Crippen LogP contribution in [0.15, 0.2) is 53.3 Å². The van der Waals surface area contributed by atoms with Gasteiger partial charge in [-0.3, -0.25) is 9.59 Å². The van der Waals surface area contributed by atoms with Crippen LogP contribution in [0.25, 0.3) is 5.65 Å². The van der Waals surface area contributed by atoms with Crippen LogP contribution in [-0.2, 0) is 11.3 Å². The zero-order valence-corrected chi connectivity index (χ0v) is 17.3. The number of amides is 2. The molecule has 1 atom stereocenters. The average Bonchev–Trinajstić information content (AvgIpc) is 3.32. The summed E-state index contributed by atoms with van der Waals surface area (Å²) < 4.78 is 2.73. The number of nitrogens with zero attached hydrogens (tertiary/aromatic N) is 3. The molecule has 1 N–H and O–H groups in total. The van der Waals surface area contributed by atoms with Crippen LogP contribution in [0.1, 0.15) is 28.9 Å². The molecule has 28 heavy (non-hydrogen) atoms. The van der Waals surface area contributed by atoms with Crippen molar-refractivity contribution in [1.82, 2.24) is 19.6 Å². The number of nitrogens with one attached hydrogen (secondary N) is 1. The Morgan fingerprint density at radius 3 is 2.75 bits per heavy atom. The predicted octanol–water partition coefficient (Wildman–Crippen LogP) is 3.67. The lowest BCUT2D eigenvalue weighted by atomic mass is 10.1. The summed E-state index contributed by atoms with van der Waals surface area (Å²) in [6.07, 6.45) is 5.08. The Bertz CT molecular complexity index is 1030. The Kier molecular flexibility index (Phi) is 5.37. The third-order valence-electron chi connectivity index (χ3n) is 4.82. The van der Waals surface area contributed by atoms with Gasteiger partial charge in [0.1, 0.15) is 11.7 Å². The Hall–Kier alpha value is -2.38. The fraction of sp³-hybridized carbons (Fsp3) is 0.250. The molecule has 1 fully saturated rings. The highest BCUT2D eigenvalue weighted by atomic mass is 79.9. The van der Waals surface area contributed by atoms with E-state index < -0.39 is 6.04 Å². The summed E-state index contributed by atoms with van der Waals surface area (Å²) in [4.78, 5) is 31.6. The number of aromatic nitrogens is 2. The summed E-state index contributed by atoms with van der Waals surface area (Å²) in [5, 5.41) is 3.53. The first-order valence-corrected chi connectivity index (χ1v) is 10.2. The van der Waals surface area contributed by atoms with Crippen LogP contribution < -0.4 is 5.32 Å². The molecule has 4 rings (SSSR count). The number of halogens is 2. The summed E-state index contributed by atoms with van der Waals surface area (Å²) in [6, 6.07) is 10.3. The Balaban J connectivity index is 1.42. The number of likely N-dealkylation sites (tertiary alicyclic amines) is 1. The van der Waals surface area contributed by atoms with Gasteiger partial charge >= 0.3 is 0 Å². The molecule has 6 nitrogen and oxygen atoms in total. The van der Waals surface area contributed by atoms with Crippen molar-refractivity contribution in [2.45, 2.75) is 25.4 Å². The highest BCUT2D eigenvalue weighted by Crippen LogP contribution is 2.21. The Morgan fingerprint density at radius 1 is 1.18 bits per heavy atom. The first kappa shape index (κ1) is 19.0. The molecule has 1 aliphatic rings. The predicted molar refractivity (Wildman–Crippen MR) is 110 cm³/mol. The number of carbonyl (C=O) groups excluding carboxylic acids is 2. The molecular weight excluding hydrogens is 444 g/mol. The topological polar surface area (TPSA) is 66.7 Å². The van der Waals surface area contributed by atoms with Gasteiger partial charge in [-0.05, 0) is 49.2 Å². The molecule has 144 valence electrons. The average molecular weight is 462 g/mol. The first-order chi connectivity index (χ1) is 13.5. The minimum absolute atomic E-state index is 0.118. The van der Waals surface area contributed by atoms with E-state index in [0.29, 0.717) is 30.1 Å². The third kappa shape index (κ3) is 3.91. The molecular formula is C20H18BrClN4O2. The van der Waals surface area contributed by atoms with Crippen molar-refractivity contribution in [2.75, 3.05) is 6.54 Å². The molecule has 2 aromatic heterocycles. The van der Waals surface area contributed by atoms with Crippen molar-refractivity contribution >= 4 is 45.0 Å². The molecule has 0 saturated carbocycles. The standard InChI is InChI=1S/C20H18BrClN4O2/c21-14-5-3-13(4-6-14)20(28)26-9-1-2-17(26)19(27)23-10-16-12-25-11-15(22)7-8-18(25)24-16/h3-8,11-12,17H,1-2,9-10H2,(H,23,27). The fourth-order valence-corrected chi connectivity index (χ4v) is 3.87. The molecule has 0 bridgehead atoms. The highest BCUT2D eigenvalue weighted by molar-refractivity contribution is 9.10. The summed E-state index contributed by atoms with van der Waals surface area (Å²) in [5.74, 6) is -0.273. The number of hydrogen-bond donors (Lipinski definition) is 1. The minimum Gasteiger partial charge on any atom is -0.349 e. The number of hydrogen-bond acceptors (Lipinski definition) is 3. The zero-order valence-electron chi connectivity index (χ0n) is 14.9. The summed E-state index contributed by atoms with van der Waals surface area (Å²) in [7, 11) is 0. The van der Waals surface area contributed by atoms with Gasteiger partial charge in [-0.25, -0.2) is 4.98 Å². The second-order valence-corrected chi connectivity index (χ2v) is 8.08. The SMILES string of the molecule is O=C(NCc1cn2cc(Cl)ccc2n1)C1CCCN1C(=O)c1ccc(Br)cc1. The van der Waals surface area contributed by atoms with Crippen LogP contribution >= 0.6 is 27.5 Å². The van der Waals surface area contributed by atoms with E-state index in [9.17, 15) is 9.59 Å². The van der Waals surface area contributed by atoms with E-state index in [0.717, 1.165) is 22.2 Å². The number of pyridine rings is 1. The van der Waals surface area contributed by atoms with E-state index in [-0.39, 0.29) is 11.8 Å². The summed E-state index contributed by atoms with van der Waals surface area (Å²) in [5.41, 5.74) is 2.08. The second-order valence-electron chi connectivity index (χ2n) is 6.73. The Labute approximate surface area is 175 Å². The van der Waals surface area contributed by atoms with Crippen LogP contribution in [0.4, 0.5) is 0 Å². The highest BCUT2D eigenvalue weighted by Gasteiger charge is 2.34. The van der Waals surface area contributed by atoms with E-state index in [2.05, 4.69) is 26.2 Å². The number of carbonyl (C=O) groups is 2. The molecule has 0 radical (unpaired) electrons. The molecule has 1 aliphatic heterocycles. The van der Waals surface area contributed by atoms with Crippen LogP contribution in [0.3, 0.4) is 0 Å². The molecule has 8 heteroatoms. The van der Waals surface area contributed by atoms with Crippen LogP contribution in [0.5, 0.6) is 0 Å². The first-order valence-electron chi connectivity index (χ1n) is 8.98. The van der Waals surface area contributed by atoms with E-state index in [4.69, 9.17) is 11.6 Å². The lowest BCUT2D eigenvalue weighted by Gasteiger charge is -2.24. The number of benzene rings is 1. The second kappa shape index (κ2) is 7.93. The van der Waals surface area contributed by atoms with Crippen LogP contribution in [0.2, 0.25) is 5.02 Å². The van der Waals surface area contributed by atoms with E-state index in [1.165, 1.54) is 0 Å². The number of fused-ring (bicyclic) bond motifs is 1. The summed E-state index contributed by atoms with van der Waals surface area (Å²) >= 11 is 9.36. The number of rotatable bonds is 4. The van der Waals surface area contributed by atoms with Gasteiger partial charge in [0, 0.05) is 29.0 Å². The van der Waals surface area contributed by atoms with Gasteiger partial charge in [0.25, 0.3) is 5.91 Å². The van der Waals surface area contributed by atoms with Gasteiger partial charge in [-0.15, -0.1) is 0 Å². The Morgan fingerprint density at radius 2 is 1.96 bits per heavy atom. The van der Waals surface area contributed by atoms with E-state index >= 15 is 0 Å². The van der Waals surface area contributed by atoms with Gasteiger partial charge in [0.05, 0.1) is 17.3 Å². The quantitative estimate of drug-likeness (QED) is 0.645. The molecule has 3 aromatic rings. The molecule has 1 saturated heterocycles. The van der Waals surface area contributed by atoms with Gasteiger partial charge in [0.2, 0.25) is 5.91 Å². The monoisotopic (exact) mass is 460 g/mol. The van der Waals surface area contributed by atoms with Gasteiger partial charge in [-0.2, -0.15) is 0 Å². The minimum atomic E-state index is -0.456. The largest absolute Gasteiger partial charge is 0.349 e. The van der Waals surface area contributed by atoms with Crippen molar-refractivity contribution < 1.29 is 9.59 Å². The maximum atomic E-state index is 12.8. The normalized spacial score (nSPS) is 16.5. The molecule has 0 aliphatic carbocycles. The molecule has 1 unspecified atom stereocenters. The maximum Gasteiger partial charge on any atom is 0.254 e. The van der Waals surface area contributed by atoms with Crippen molar-refractivity contribution in [1.29, 1.82) is 0 Å². The lowest BCUT2D eigenvalue weighted by Crippen LogP contribution is -2.45. The van der Waals surface area contributed by atoms with Crippen molar-refractivity contribution in [3.05, 3.63) is 69.5 Å². The molecule has 1 aromatic carbocycles. The third-order valence-corrected chi connectivity index (χ3v) is 5.57. The molecule has 3 heterocycles. The van der Waals surface area contributed by atoms with Crippen molar-refractivity contribution in [3.63, 3.8) is 0 Å². The van der Waals surface area contributed by atoms with Crippen LogP contribution in [-0.4, -0.2) is 38.7 Å². The van der Waals surface area contributed by atoms with Gasteiger partial charge < -0.3 is 14.6 Å². The van der Waals surface area contributed by atoms with Gasteiger partial charge in [-0.1, -0.05) is 27.5 Å². The number of imidazole rings is 1. The van der Waals surface area contributed by atoms with E-state index in [1.807, 2.05) is 28.8 Å². The lowest BCUT2D eigenvalue weighted by molar-refractivity contribution is -0.125. The molecule has 0 spiro atoms.